The average molecular weight is 284 g/mol. The Balaban J connectivity index is 2.20. The number of hydrogen-bond donors (Lipinski definition) is 1. The van der Waals surface area contributed by atoms with Crippen molar-refractivity contribution in [1.29, 1.82) is 0 Å². The fourth-order valence-corrected chi connectivity index (χ4v) is 3.44. The molecule has 0 radical (unpaired) electrons. The highest BCUT2D eigenvalue weighted by atomic mass is 32.2. The molecule has 2 N–H and O–H groups in total. The average Bonchev–Trinajstić information content (AvgIpc) is 2.56. The molecule has 4 heteroatoms. The van der Waals surface area contributed by atoms with E-state index in [-0.39, 0.29) is 5.91 Å². The Labute approximate surface area is 122 Å². The molecule has 0 bridgehead atoms. The van der Waals surface area contributed by atoms with Crippen LogP contribution in [0.2, 0.25) is 0 Å². The molecule has 3 rings (SSSR count). The van der Waals surface area contributed by atoms with Gasteiger partial charge in [-0.15, -0.1) is 0 Å². The summed E-state index contributed by atoms with van der Waals surface area (Å²) in [6, 6.07) is 13.5. The number of carbonyl (C=O) groups is 1. The summed E-state index contributed by atoms with van der Waals surface area (Å²) in [6.45, 7) is 2.77. The highest BCUT2D eigenvalue weighted by Gasteiger charge is 2.26. The number of benzene rings is 2. The van der Waals surface area contributed by atoms with E-state index in [2.05, 4.69) is 6.92 Å². The Morgan fingerprint density at radius 1 is 1.15 bits per heavy atom. The molecule has 0 saturated carbocycles. The van der Waals surface area contributed by atoms with Crippen molar-refractivity contribution in [3.63, 3.8) is 0 Å². The van der Waals surface area contributed by atoms with Gasteiger partial charge in [-0.25, -0.2) is 0 Å². The van der Waals surface area contributed by atoms with Crippen LogP contribution in [0.3, 0.4) is 0 Å². The highest BCUT2D eigenvalue weighted by Crippen LogP contribution is 2.42. The van der Waals surface area contributed by atoms with Crippen molar-refractivity contribution >= 4 is 29.0 Å². The number of fused-ring (bicyclic) bond motifs is 2. The fourth-order valence-electron chi connectivity index (χ4n) is 2.38. The van der Waals surface area contributed by atoms with Crippen molar-refractivity contribution in [2.24, 2.45) is 0 Å². The smallest absolute Gasteiger partial charge is 0.259 e. The predicted octanol–water partition coefficient (Wildman–Crippen LogP) is 3.79. The van der Waals surface area contributed by atoms with Crippen LogP contribution in [0, 0.1) is 0 Å². The SMILES string of the molecule is CCCN1C(=O)c2ccccc2Sc2ccc(N)cc21. The van der Waals surface area contributed by atoms with E-state index >= 15 is 0 Å². The monoisotopic (exact) mass is 284 g/mol. The maximum absolute atomic E-state index is 12.8. The van der Waals surface area contributed by atoms with E-state index in [1.54, 1.807) is 11.8 Å². The molecule has 1 aliphatic heterocycles. The molecule has 0 fully saturated rings. The Morgan fingerprint density at radius 3 is 2.75 bits per heavy atom. The fraction of sp³-hybridized carbons (Fsp3) is 0.188. The van der Waals surface area contributed by atoms with Gasteiger partial charge in [-0.2, -0.15) is 0 Å². The van der Waals surface area contributed by atoms with E-state index in [1.807, 2.05) is 47.4 Å². The third kappa shape index (κ3) is 2.16. The quantitative estimate of drug-likeness (QED) is 0.853. The first-order valence-electron chi connectivity index (χ1n) is 6.69. The number of nitrogen functional groups attached to an aromatic ring is 1. The summed E-state index contributed by atoms with van der Waals surface area (Å²) in [7, 11) is 0. The Kier molecular flexibility index (Phi) is 3.40. The molecule has 0 aromatic heterocycles. The van der Waals surface area contributed by atoms with Crippen LogP contribution in [0.15, 0.2) is 52.3 Å². The van der Waals surface area contributed by atoms with Crippen molar-refractivity contribution in [3.8, 4) is 0 Å². The molecule has 20 heavy (non-hydrogen) atoms. The molecular formula is C16H16N2OS. The Morgan fingerprint density at radius 2 is 1.95 bits per heavy atom. The van der Waals surface area contributed by atoms with Gasteiger partial charge in [0.15, 0.2) is 0 Å². The Bertz CT molecular complexity index is 669. The molecule has 2 aromatic rings. The number of anilines is 2. The minimum absolute atomic E-state index is 0.0549. The topological polar surface area (TPSA) is 46.3 Å². The minimum Gasteiger partial charge on any atom is -0.399 e. The third-order valence-corrected chi connectivity index (χ3v) is 4.44. The van der Waals surface area contributed by atoms with Crippen molar-refractivity contribution in [1.82, 2.24) is 0 Å². The zero-order valence-electron chi connectivity index (χ0n) is 11.3. The summed E-state index contributed by atoms with van der Waals surface area (Å²) >= 11 is 1.63. The van der Waals surface area contributed by atoms with Gasteiger partial charge in [0.25, 0.3) is 5.91 Å². The lowest BCUT2D eigenvalue weighted by Crippen LogP contribution is -2.31. The summed E-state index contributed by atoms with van der Waals surface area (Å²) in [4.78, 5) is 16.7. The van der Waals surface area contributed by atoms with Crippen molar-refractivity contribution < 1.29 is 4.79 Å². The van der Waals surface area contributed by atoms with E-state index in [9.17, 15) is 4.79 Å². The van der Waals surface area contributed by atoms with Gasteiger partial charge in [0.05, 0.1) is 11.3 Å². The number of hydrogen-bond acceptors (Lipinski definition) is 3. The molecular weight excluding hydrogens is 268 g/mol. The molecule has 2 aromatic carbocycles. The first-order chi connectivity index (χ1) is 9.70. The Hall–Kier alpha value is -1.94. The molecule has 0 atom stereocenters. The van der Waals surface area contributed by atoms with Gasteiger partial charge >= 0.3 is 0 Å². The van der Waals surface area contributed by atoms with E-state index in [1.165, 1.54) is 0 Å². The molecule has 0 aliphatic carbocycles. The molecule has 1 aliphatic rings. The van der Waals surface area contributed by atoms with Crippen LogP contribution in [0.5, 0.6) is 0 Å². The maximum atomic E-state index is 12.8. The van der Waals surface area contributed by atoms with Crippen LogP contribution in [0.25, 0.3) is 0 Å². The van der Waals surface area contributed by atoms with E-state index in [0.717, 1.165) is 27.5 Å². The summed E-state index contributed by atoms with van der Waals surface area (Å²) in [5.41, 5.74) is 8.26. The second kappa shape index (κ2) is 5.21. The zero-order valence-corrected chi connectivity index (χ0v) is 12.1. The lowest BCUT2D eigenvalue weighted by atomic mass is 10.1. The molecule has 1 amide bonds. The first kappa shape index (κ1) is 13.1. The van der Waals surface area contributed by atoms with Crippen LogP contribution < -0.4 is 10.6 Å². The van der Waals surface area contributed by atoms with Crippen molar-refractivity contribution in [2.45, 2.75) is 23.1 Å². The molecule has 0 spiro atoms. The summed E-state index contributed by atoms with van der Waals surface area (Å²) < 4.78 is 0. The predicted molar refractivity (Wildman–Crippen MR) is 83.4 cm³/mol. The van der Waals surface area contributed by atoms with Gasteiger partial charge < -0.3 is 10.6 Å². The van der Waals surface area contributed by atoms with Crippen LogP contribution in [0.1, 0.15) is 23.7 Å². The van der Waals surface area contributed by atoms with Gasteiger partial charge in [0.2, 0.25) is 0 Å². The van der Waals surface area contributed by atoms with Gasteiger partial charge in [-0.1, -0.05) is 30.8 Å². The van der Waals surface area contributed by atoms with Crippen LogP contribution in [0.4, 0.5) is 11.4 Å². The number of amides is 1. The van der Waals surface area contributed by atoms with E-state index < -0.39 is 0 Å². The van der Waals surface area contributed by atoms with Crippen LogP contribution in [-0.2, 0) is 0 Å². The summed E-state index contributed by atoms with van der Waals surface area (Å²) in [6.07, 6.45) is 0.910. The van der Waals surface area contributed by atoms with Crippen LogP contribution >= 0.6 is 11.8 Å². The summed E-state index contributed by atoms with van der Waals surface area (Å²) in [5, 5.41) is 0. The molecule has 102 valence electrons. The minimum atomic E-state index is 0.0549. The largest absolute Gasteiger partial charge is 0.399 e. The maximum Gasteiger partial charge on any atom is 0.259 e. The number of nitrogens with two attached hydrogens (primary N) is 1. The van der Waals surface area contributed by atoms with Crippen LogP contribution in [-0.4, -0.2) is 12.5 Å². The normalized spacial score (nSPS) is 13.7. The van der Waals surface area contributed by atoms with Gasteiger partial charge in [0, 0.05) is 22.0 Å². The van der Waals surface area contributed by atoms with Crippen molar-refractivity contribution in [2.75, 3.05) is 17.2 Å². The number of nitrogens with zero attached hydrogens (tertiary/aromatic N) is 1. The second-order valence-electron chi connectivity index (χ2n) is 4.78. The third-order valence-electron chi connectivity index (χ3n) is 3.30. The first-order valence-corrected chi connectivity index (χ1v) is 7.50. The van der Waals surface area contributed by atoms with E-state index in [4.69, 9.17) is 5.73 Å². The molecule has 0 unspecified atom stereocenters. The lowest BCUT2D eigenvalue weighted by molar-refractivity contribution is 0.0984. The number of rotatable bonds is 2. The van der Waals surface area contributed by atoms with Gasteiger partial charge in [0.1, 0.15) is 0 Å². The molecule has 1 heterocycles. The standard InChI is InChI=1S/C16H16N2OS/c1-2-9-18-13-10-11(17)7-8-15(13)20-14-6-4-3-5-12(14)16(18)19/h3-8,10H,2,9,17H2,1H3. The second-order valence-corrected chi connectivity index (χ2v) is 5.87. The van der Waals surface area contributed by atoms with Crippen molar-refractivity contribution in [3.05, 3.63) is 48.0 Å². The lowest BCUT2D eigenvalue weighted by Gasteiger charge is -2.22. The zero-order chi connectivity index (χ0) is 14.1. The highest BCUT2D eigenvalue weighted by molar-refractivity contribution is 7.99. The van der Waals surface area contributed by atoms with Gasteiger partial charge in [-0.3, -0.25) is 4.79 Å². The summed E-state index contributed by atoms with van der Waals surface area (Å²) in [5.74, 6) is 0.0549. The molecule has 0 saturated heterocycles. The van der Waals surface area contributed by atoms with Gasteiger partial charge in [-0.05, 0) is 36.8 Å². The van der Waals surface area contributed by atoms with E-state index in [0.29, 0.717) is 12.2 Å². The number of carbonyl (C=O) groups excluding carboxylic acids is 1. The molecule has 3 nitrogen and oxygen atoms in total.